The molecule has 3 nitrogen and oxygen atoms in total. The Kier molecular flexibility index (Phi) is 6.44. The lowest BCUT2D eigenvalue weighted by Gasteiger charge is -2.28. The molecule has 0 spiro atoms. The molecule has 1 N–H and O–H groups in total. The Balaban J connectivity index is 1.51. The van der Waals surface area contributed by atoms with Crippen molar-refractivity contribution in [2.24, 2.45) is 16.8 Å². The number of rotatable bonds is 4. The lowest BCUT2D eigenvalue weighted by molar-refractivity contribution is 0.498. The molecule has 0 radical (unpaired) electrons. The van der Waals surface area contributed by atoms with Crippen LogP contribution in [0.5, 0.6) is 0 Å². The van der Waals surface area contributed by atoms with Gasteiger partial charge in [0.25, 0.3) is 0 Å². The maximum atomic E-state index is 6.60. The van der Waals surface area contributed by atoms with E-state index < -0.39 is 0 Å². The van der Waals surface area contributed by atoms with E-state index in [9.17, 15) is 0 Å². The van der Waals surface area contributed by atoms with Crippen LogP contribution in [0.1, 0.15) is 31.9 Å². The van der Waals surface area contributed by atoms with Crippen molar-refractivity contribution in [2.45, 2.75) is 34.6 Å². The summed E-state index contributed by atoms with van der Waals surface area (Å²) < 4.78 is 6.60. The summed E-state index contributed by atoms with van der Waals surface area (Å²) in [6, 6.07) is 29.6. The van der Waals surface area contributed by atoms with Gasteiger partial charge in [-0.15, -0.1) is 0 Å². The number of anilines is 1. The predicted octanol–water partition coefficient (Wildman–Crippen LogP) is 9.58. The number of allylic oxidation sites excluding steroid dienone is 4. The van der Waals surface area contributed by atoms with Crippen LogP contribution in [0.25, 0.3) is 33.4 Å². The van der Waals surface area contributed by atoms with E-state index in [1.807, 2.05) is 0 Å². The van der Waals surface area contributed by atoms with Crippen LogP contribution >= 0.6 is 0 Å². The van der Waals surface area contributed by atoms with Crippen LogP contribution in [0.4, 0.5) is 11.4 Å². The summed E-state index contributed by atoms with van der Waals surface area (Å²) in [6.45, 7) is 11.0. The highest BCUT2D eigenvalue weighted by Gasteiger charge is 2.22. The number of hydrogen-bond acceptors (Lipinski definition) is 3. The highest BCUT2D eigenvalue weighted by Crippen LogP contribution is 2.41. The van der Waals surface area contributed by atoms with Gasteiger partial charge in [0.2, 0.25) is 0 Å². The van der Waals surface area contributed by atoms with Gasteiger partial charge in [-0.3, -0.25) is 0 Å². The molecule has 3 aliphatic rings. The molecule has 0 fully saturated rings. The molecule has 0 saturated carbocycles. The summed E-state index contributed by atoms with van der Waals surface area (Å²) in [4.78, 5) is 4.95. The minimum absolute atomic E-state index is 0.425. The van der Waals surface area contributed by atoms with Crippen molar-refractivity contribution in [2.75, 3.05) is 5.32 Å². The first-order valence-electron chi connectivity index (χ1n) is 13.7. The van der Waals surface area contributed by atoms with Gasteiger partial charge in [0, 0.05) is 45.9 Å². The van der Waals surface area contributed by atoms with Crippen LogP contribution in [0.2, 0.25) is 0 Å². The summed E-state index contributed by atoms with van der Waals surface area (Å²) in [5.74, 6) is 1.76. The Hall–Kier alpha value is -4.37. The number of nitrogens with one attached hydrogen (secondary N) is 1. The average Bonchev–Trinajstić information content (AvgIpc) is 2.94. The van der Waals surface area contributed by atoms with Gasteiger partial charge in [0.1, 0.15) is 11.3 Å². The Bertz CT molecular complexity index is 1790. The third kappa shape index (κ3) is 4.81. The minimum atomic E-state index is 0.425. The molecule has 3 aromatic carbocycles. The predicted molar refractivity (Wildman–Crippen MR) is 163 cm³/mol. The van der Waals surface area contributed by atoms with Gasteiger partial charge in [-0.05, 0) is 74.2 Å². The Morgan fingerprint density at radius 2 is 1.59 bits per heavy atom. The van der Waals surface area contributed by atoms with Crippen LogP contribution in [0.15, 0.2) is 118 Å². The summed E-state index contributed by atoms with van der Waals surface area (Å²) >= 11 is 0. The van der Waals surface area contributed by atoms with Crippen LogP contribution in [-0.2, 0) is 0 Å². The second-order valence-corrected chi connectivity index (χ2v) is 10.9. The molecule has 3 aromatic rings. The van der Waals surface area contributed by atoms with Crippen molar-refractivity contribution in [1.29, 1.82) is 0 Å². The first kappa shape index (κ1) is 24.9. The molecule has 1 aliphatic heterocycles. The van der Waals surface area contributed by atoms with Crippen molar-refractivity contribution >= 4 is 22.3 Å². The fraction of sp³-hybridized carbons (Fsp3) is 0.194. The van der Waals surface area contributed by atoms with Gasteiger partial charge >= 0.3 is 0 Å². The van der Waals surface area contributed by atoms with Crippen molar-refractivity contribution in [3.8, 4) is 22.5 Å². The van der Waals surface area contributed by atoms with Crippen molar-refractivity contribution in [3.63, 3.8) is 0 Å². The van der Waals surface area contributed by atoms with E-state index >= 15 is 0 Å². The third-order valence-corrected chi connectivity index (χ3v) is 8.14. The van der Waals surface area contributed by atoms with E-state index in [0.29, 0.717) is 11.8 Å². The molecule has 0 amide bonds. The highest BCUT2D eigenvalue weighted by molar-refractivity contribution is 6.02. The molecule has 6 rings (SSSR count). The number of aryl methyl sites for hydroxylation is 2. The molecule has 0 bridgehead atoms. The first-order valence-corrected chi connectivity index (χ1v) is 13.7. The maximum Gasteiger partial charge on any atom is 0.137 e. The maximum absolute atomic E-state index is 6.60. The van der Waals surface area contributed by atoms with Crippen molar-refractivity contribution in [1.82, 2.24) is 0 Å². The standard InChI is InChI=1S/C36H34N2O/c1-22-11-17-32(24(3)19-22)37-28-13-15-30-34(20-28)39-35-21-29(38-33-18-12-23(2)25(4)26(33)5)14-16-31(35)36(30)27-9-7-6-8-10-27/h6-21,25-26,38H,1-5H3. The summed E-state index contributed by atoms with van der Waals surface area (Å²) in [6.07, 6.45) is 4.43. The third-order valence-electron chi connectivity index (χ3n) is 8.14. The van der Waals surface area contributed by atoms with Gasteiger partial charge in [0.15, 0.2) is 0 Å². The Labute approximate surface area is 230 Å². The lowest BCUT2D eigenvalue weighted by Crippen LogP contribution is -2.19. The zero-order valence-corrected chi connectivity index (χ0v) is 23.2. The van der Waals surface area contributed by atoms with Crippen LogP contribution in [-0.4, -0.2) is 0 Å². The number of benzene rings is 4. The topological polar surface area (TPSA) is 37.5 Å². The summed E-state index contributed by atoms with van der Waals surface area (Å²) in [7, 11) is 0. The van der Waals surface area contributed by atoms with E-state index in [-0.39, 0.29) is 0 Å². The van der Waals surface area contributed by atoms with Crippen LogP contribution < -0.4 is 10.7 Å². The zero-order valence-electron chi connectivity index (χ0n) is 23.2. The lowest BCUT2D eigenvalue weighted by atomic mass is 9.83. The van der Waals surface area contributed by atoms with Gasteiger partial charge in [-0.1, -0.05) is 73.5 Å². The molecule has 1 heterocycles. The molecular weight excluding hydrogens is 476 g/mol. The Morgan fingerprint density at radius 1 is 0.769 bits per heavy atom. The normalized spacial score (nSPS) is 17.8. The van der Waals surface area contributed by atoms with Crippen molar-refractivity contribution < 1.29 is 4.42 Å². The summed E-state index contributed by atoms with van der Waals surface area (Å²) in [5, 5.41) is 5.64. The first-order chi connectivity index (χ1) is 18.9. The molecule has 2 unspecified atom stereocenters. The van der Waals surface area contributed by atoms with Crippen molar-refractivity contribution in [3.05, 3.63) is 125 Å². The van der Waals surface area contributed by atoms with Gasteiger partial charge in [0.05, 0.1) is 11.0 Å². The molecule has 2 aliphatic carbocycles. The van der Waals surface area contributed by atoms with E-state index in [1.165, 1.54) is 28.0 Å². The van der Waals surface area contributed by atoms with Crippen LogP contribution in [0.3, 0.4) is 0 Å². The van der Waals surface area contributed by atoms with E-state index in [0.717, 1.165) is 44.6 Å². The fourth-order valence-corrected chi connectivity index (χ4v) is 5.52. The molecule has 0 aromatic heterocycles. The fourth-order valence-electron chi connectivity index (χ4n) is 5.52. The SMILES string of the molecule is CC1=CC=C(Nc2ccc3c(-c4ccccc4)c4ccc(=Nc5ccc(C)cc5C)cc-4oc3c2)C(C)C1C. The monoisotopic (exact) mass is 510 g/mol. The Morgan fingerprint density at radius 3 is 2.38 bits per heavy atom. The minimum Gasteiger partial charge on any atom is -0.456 e. The van der Waals surface area contributed by atoms with E-state index in [1.54, 1.807) is 0 Å². The number of hydrogen-bond donors (Lipinski definition) is 1. The van der Waals surface area contributed by atoms with E-state index in [2.05, 4.69) is 137 Å². The number of fused-ring (bicyclic) bond motifs is 2. The average molecular weight is 511 g/mol. The second-order valence-electron chi connectivity index (χ2n) is 10.9. The largest absolute Gasteiger partial charge is 0.456 e. The molecular formula is C36H34N2O. The molecule has 0 saturated heterocycles. The number of nitrogens with zero attached hydrogens (tertiary/aromatic N) is 1. The van der Waals surface area contributed by atoms with Gasteiger partial charge in [-0.25, -0.2) is 4.99 Å². The van der Waals surface area contributed by atoms with Gasteiger partial charge < -0.3 is 9.73 Å². The van der Waals surface area contributed by atoms with Crippen LogP contribution in [0, 0.1) is 25.7 Å². The molecule has 3 heteroatoms. The quantitative estimate of drug-likeness (QED) is 0.244. The smallest absolute Gasteiger partial charge is 0.137 e. The second kappa shape index (κ2) is 10.1. The molecule has 194 valence electrons. The molecule has 2 atom stereocenters. The molecule has 39 heavy (non-hydrogen) atoms. The zero-order chi connectivity index (χ0) is 27.1. The summed E-state index contributed by atoms with van der Waals surface area (Å²) in [5.41, 5.74) is 11.3. The van der Waals surface area contributed by atoms with E-state index in [4.69, 9.17) is 9.41 Å². The highest BCUT2D eigenvalue weighted by atomic mass is 16.3. The van der Waals surface area contributed by atoms with Gasteiger partial charge in [-0.2, -0.15) is 0 Å².